The number of ether oxygens (including phenoxy) is 1. The molecule has 1 aliphatic heterocycles. The number of amides is 1. The first kappa shape index (κ1) is 18.6. The molecule has 1 amide bonds. The lowest BCUT2D eigenvalue weighted by Crippen LogP contribution is -2.61. The number of halogens is 2. The minimum Gasteiger partial charge on any atom is -0.488 e. The molecule has 0 spiro atoms. The molecule has 0 aromatic heterocycles. The van der Waals surface area contributed by atoms with Gasteiger partial charge in [-0.2, -0.15) is 0 Å². The number of sulfonamides is 1. The average Bonchev–Trinajstić information content (AvgIpc) is 2.48. The molecule has 24 heavy (non-hydrogen) atoms. The minimum atomic E-state index is -3.80. The van der Waals surface area contributed by atoms with Gasteiger partial charge in [0.15, 0.2) is 0 Å². The predicted octanol–water partition coefficient (Wildman–Crippen LogP) is 1.67. The van der Waals surface area contributed by atoms with Crippen LogP contribution in [0.4, 0.5) is 8.78 Å². The minimum absolute atomic E-state index is 0.000373. The van der Waals surface area contributed by atoms with Crippen LogP contribution in [0.2, 0.25) is 0 Å². The van der Waals surface area contributed by atoms with Gasteiger partial charge in [-0.05, 0) is 44.5 Å². The van der Waals surface area contributed by atoms with E-state index in [-0.39, 0.29) is 23.0 Å². The molecule has 1 heterocycles. The fraction of sp³-hybridized carbons (Fsp3) is 0.533. The number of hydrogen-bond donors (Lipinski definition) is 2. The normalized spacial score (nSPS) is 20.7. The predicted molar refractivity (Wildman–Crippen MR) is 83.5 cm³/mol. The second-order valence-electron chi connectivity index (χ2n) is 6.16. The van der Waals surface area contributed by atoms with Gasteiger partial charge in [0.25, 0.3) is 6.43 Å². The van der Waals surface area contributed by atoms with Crippen molar-refractivity contribution in [3.63, 3.8) is 0 Å². The highest BCUT2D eigenvalue weighted by molar-refractivity contribution is 7.89. The molecule has 2 N–H and O–H groups in total. The SMILES string of the molecule is CC1(C)NC(=O)CCC1NS(=O)(=O)c1ccc(OCC(F)F)cc1. The van der Waals surface area contributed by atoms with Crippen molar-refractivity contribution >= 4 is 15.9 Å². The summed E-state index contributed by atoms with van der Waals surface area (Å²) in [6.07, 6.45) is -1.95. The van der Waals surface area contributed by atoms with Crippen molar-refractivity contribution in [1.82, 2.24) is 10.0 Å². The molecule has 0 bridgehead atoms. The van der Waals surface area contributed by atoms with E-state index in [1.807, 2.05) is 0 Å². The third-order valence-corrected chi connectivity index (χ3v) is 5.29. The number of nitrogens with one attached hydrogen (secondary N) is 2. The third-order valence-electron chi connectivity index (χ3n) is 3.80. The highest BCUT2D eigenvalue weighted by Crippen LogP contribution is 2.23. The van der Waals surface area contributed by atoms with Crippen molar-refractivity contribution in [1.29, 1.82) is 0 Å². The second kappa shape index (κ2) is 7.02. The van der Waals surface area contributed by atoms with Gasteiger partial charge in [-0.25, -0.2) is 21.9 Å². The summed E-state index contributed by atoms with van der Waals surface area (Å²) in [7, 11) is -3.80. The largest absolute Gasteiger partial charge is 0.488 e. The lowest BCUT2D eigenvalue weighted by molar-refractivity contribution is -0.125. The maximum atomic E-state index is 12.5. The van der Waals surface area contributed by atoms with Crippen LogP contribution in [0.3, 0.4) is 0 Å². The standard InChI is InChI=1S/C15H20F2N2O4S/c1-15(2)12(7-8-14(20)18-15)19-24(21,22)11-5-3-10(4-6-11)23-9-13(16)17/h3-6,12-13,19H,7-9H2,1-2H3,(H,18,20). The molecule has 2 rings (SSSR count). The van der Waals surface area contributed by atoms with Gasteiger partial charge in [-0.1, -0.05) is 0 Å². The fourth-order valence-corrected chi connectivity index (χ4v) is 3.90. The molecule has 1 aromatic carbocycles. The van der Waals surface area contributed by atoms with E-state index in [1.54, 1.807) is 13.8 Å². The summed E-state index contributed by atoms with van der Waals surface area (Å²) in [5, 5.41) is 2.76. The molecule has 0 radical (unpaired) electrons. The average molecular weight is 362 g/mol. The Morgan fingerprint density at radius 2 is 1.96 bits per heavy atom. The summed E-state index contributed by atoms with van der Waals surface area (Å²) in [6.45, 7) is 2.75. The van der Waals surface area contributed by atoms with Crippen molar-refractivity contribution in [2.45, 2.75) is 49.6 Å². The number of hydrogen-bond acceptors (Lipinski definition) is 4. The van der Waals surface area contributed by atoms with E-state index in [0.717, 1.165) is 0 Å². The summed E-state index contributed by atoms with van der Waals surface area (Å²) in [6, 6.07) is 4.78. The zero-order valence-electron chi connectivity index (χ0n) is 13.4. The number of piperidine rings is 1. The fourth-order valence-electron chi connectivity index (χ4n) is 2.48. The molecule has 1 unspecified atom stereocenters. The molecule has 0 aliphatic carbocycles. The molecular weight excluding hydrogens is 342 g/mol. The van der Waals surface area contributed by atoms with Crippen molar-refractivity contribution in [3.8, 4) is 5.75 Å². The van der Waals surface area contributed by atoms with Crippen LogP contribution in [0.5, 0.6) is 5.75 Å². The monoisotopic (exact) mass is 362 g/mol. The number of rotatable bonds is 6. The number of carbonyl (C=O) groups is 1. The zero-order valence-corrected chi connectivity index (χ0v) is 14.2. The van der Waals surface area contributed by atoms with Gasteiger partial charge in [0.2, 0.25) is 15.9 Å². The lowest BCUT2D eigenvalue weighted by Gasteiger charge is -2.39. The number of benzene rings is 1. The van der Waals surface area contributed by atoms with Gasteiger partial charge in [-0.3, -0.25) is 4.79 Å². The smallest absolute Gasteiger partial charge is 0.272 e. The van der Waals surface area contributed by atoms with Gasteiger partial charge >= 0.3 is 0 Å². The third kappa shape index (κ3) is 4.64. The molecule has 1 saturated heterocycles. The van der Waals surface area contributed by atoms with Crippen LogP contribution in [0.1, 0.15) is 26.7 Å². The van der Waals surface area contributed by atoms with E-state index in [2.05, 4.69) is 10.0 Å². The number of carbonyl (C=O) groups excluding carboxylic acids is 1. The first-order chi connectivity index (χ1) is 11.1. The van der Waals surface area contributed by atoms with Crippen LogP contribution in [0, 0.1) is 0 Å². The summed E-state index contributed by atoms with van der Waals surface area (Å²) in [5.74, 6) is 0.0514. The summed E-state index contributed by atoms with van der Waals surface area (Å²) in [4.78, 5) is 11.5. The first-order valence-corrected chi connectivity index (χ1v) is 8.93. The summed E-state index contributed by atoms with van der Waals surface area (Å²) < 4.78 is 56.5. The van der Waals surface area contributed by atoms with Gasteiger partial charge in [0.05, 0.1) is 10.4 Å². The van der Waals surface area contributed by atoms with Crippen molar-refractivity contribution in [2.24, 2.45) is 0 Å². The molecule has 134 valence electrons. The van der Waals surface area contributed by atoms with Crippen LogP contribution in [0.25, 0.3) is 0 Å². The quantitative estimate of drug-likeness (QED) is 0.806. The summed E-state index contributed by atoms with van der Waals surface area (Å²) >= 11 is 0. The Bertz CT molecular complexity index is 690. The van der Waals surface area contributed by atoms with E-state index in [0.29, 0.717) is 6.42 Å². The Hall–Kier alpha value is -1.74. The van der Waals surface area contributed by atoms with Crippen LogP contribution in [-0.2, 0) is 14.8 Å². The molecule has 6 nitrogen and oxygen atoms in total. The highest BCUT2D eigenvalue weighted by atomic mass is 32.2. The molecule has 1 aromatic rings. The number of alkyl halides is 2. The Morgan fingerprint density at radius 1 is 1.33 bits per heavy atom. The first-order valence-electron chi connectivity index (χ1n) is 7.44. The molecule has 1 aliphatic rings. The maximum Gasteiger partial charge on any atom is 0.272 e. The second-order valence-corrected chi connectivity index (χ2v) is 7.87. The van der Waals surface area contributed by atoms with E-state index in [1.165, 1.54) is 24.3 Å². The van der Waals surface area contributed by atoms with Gasteiger partial charge in [-0.15, -0.1) is 0 Å². The molecule has 1 fully saturated rings. The summed E-state index contributed by atoms with van der Waals surface area (Å²) in [5.41, 5.74) is -0.706. The Morgan fingerprint density at radius 3 is 2.50 bits per heavy atom. The Kier molecular flexibility index (Phi) is 5.44. The topological polar surface area (TPSA) is 84.5 Å². The van der Waals surface area contributed by atoms with Crippen LogP contribution >= 0.6 is 0 Å². The zero-order chi connectivity index (χ0) is 18.0. The molecule has 0 saturated carbocycles. The Balaban J connectivity index is 2.08. The maximum absolute atomic E-state index is 12.5. The van der Waals surface area contributed by atoms with Gasteiger partial charge in [0.1, 0.15) is 12.4 Å². The van der Waals surface area contributed by atoms with Crippen molar-refractivity contribution in [2.75, 3.05) is 6.61 Å². The van der Waals surface area contributed by atoms with E-state index in [4.69, 9.17) is 4.74 Å². The van der Waals surface area contributed by atoms with Crippen LogP contribution in [0.15, 0.2) is 29.2 Å². The highest BCUT2D eigenvalue weighted by Gasteiger charge is 2.37. The molecule has 9 heteroatoms. The molecule has 1 atom stereocenters. The van der Waals surface area contributed by atoms with Gasteiger partial charge in [0, 0.05) is 12.5 Å². The molecular formula is C15H20F2N2O4S. The van der Waals surface area contributed by atoms with Crippen LogP contribution < -0.4 is 14.8 Å². The van der Waals surface area contributed by atoms with Crippen LogP contribution in [-0.4, -0.2) is 38.9 Å². The van der Waals surface area contributed by atoms with Crippen molar-refractivity contribution in [3.05, 3.63) is 24.3 Å². The van der Waals surface area contributed by atoms with Crippen molar-refractivity contribution < 1.29 is 26.7 Å². The van der Waals surface area contributed by atoms with Gasteiger partial charge < -0.3 is 10.1 Å². The Labute approximate surface area is 139 Å². The van der Waals surface area contributed by atoms with E-state index >= 15 is 0 Å². The van der Waals surface area contributed by atoms with E-state index in [9.17, 15) is 22.0 Å². The van der Waals surface area contributed by atoms with E-state index < -0.39 is 34.6 Å². The lowest BCUT2D eigenvalue weighted by atomic mass is 9.88.